The molecule has 3 nitrogen and oxygen atoms in total. The number of carbonyl (C=O) groups excluding carboxylic acids is 1. The molecule has 1 unspecified atom stereocenters. The first-order valence-corrected chi connectivity index (χ1v) is 4.10. The van der Waals surface area contributed by atoms with E-state index in [4.69, 9.17) is 4.74 Å². The Balaban J connectivity index is 2.26. The van der Waals surface area contributed by atoms with Gasteiger partial charge in [-0.1, -0.05) is 0 Å². The molecule has 1 heterocycles. The Kier molecular flexibility index (Phi) is 3.52. The van der Waals surface area contributed by atoms with Crippen molar-refractivity contribution in [2.24, 2.45) is 0 Å². The Labute approximate surface area is 67.3 Å². The molecule has 1 saturated heterocycles. The van der Waals surface area contributed by atoms with Gasteiger partial charge in [-0.05, 0) is 6.92 Å². The highest BCUT2D eigenvalue weighted by atomic mass is 16.5. The average molecular weight is 157 g/mol. The lowest BCUT2D eigenvalue weighted by atomic mass is 10.2. The fourth-order valence-electron chi connectivity index (χ4n) is 1.31. The summed E-state index contributed by atoms with van der Waals surface area (Å²) in [5.41, 5.74) is 0. The van der Waals surface area contributed by atoms with E-state index in [2.05, 4.69) is 11.8 Å². The van der Waals surface area contributed by atoms with Crippen LogP contribution in [0.25, 0.3) is 0 Å². The third kappa shape index (κ3) is 2.60. The lowest BCUT2D eigenvalue weighted by Crippen LogP contribution is -2.42. The predicted molar refractivity (Wildman–Crippen MR) is 42.5 cm³/mol. The average Bonchev–Trinajstić information content (AvgIpc) is 2.07. The lowest BCUT2D eigenvalue weighted by molar-refractivity contribution is -0.109. The number of carbonyl (C=O) groups is 1. The third-order valence-corrected chi connectivity index (χ3v) is 2.11. The summed E-state index contributed by atoms with van der Waals surface area (Å²) in [6.07, 6.45) is 1.63. The van der Waals surface area contributed by atoms with Crippen molar-refractivity contribution in [2.45, 2.75) is 19.4 Å². The standard InChI is InChI=1S/C8H15NO2/c1-8(2-5-10)9-3-6-11-7-4-9/h5,8H,2-4,6-7H2,1H3. The molecule has 0 bridgehead atoms. The van der Waals surface area contributed by atoms with Crippen LogP contribution in [0.4, 0.5) is 0 Å². The van der Waals surface area contributed by atoms with Gasteiger partial charge in [-0.25, -0.2) is 0 Å². The predicted octanol–water partition coefficient (Wildman–Crippen LogP) is 0.296. The Morgan fingerprint density at radius 1 is 1.55 bits per heavy atom. The van der Waals surface area contributed by atoms with Crippen LogP contribution in [0.5, 0.6) is 0 Å². The fraction of sp³-hybridized carbons (Fsp3) is 0.875. The van der Waals surface area contributed by atoms with Crippen LogP contribution in [0.2, 0.25) is 0 Å². The minimum atomic E-state index is 0.386. The Morgan fingerprint density at radius 3 is 2.73 bits per heavy atom. The van der Waals surface area contributed by atoms with Crippen LogP contribution in [0.15, 0.2) is 0 Å². The van der Waals surface area contributed by atoms with Gasteiger partial charge in [0, 0.05) is 25.6 Å². The molecular weight excluding hydrogens is 142 g/mol. The molecule has 3 heteroatoms. The Hall–Kier alpha value is -0.410. The van der Waals surface area contributed by atoms with Crippen molar-refractivity contribution in [1.82, 2.24) is 4.90 Å². The molecule has 1 fully saturated rings. The number of aldehydes is 1. The van der Waals surface area contributed by atoms with Gasteiger partial charge in [-0.3, -0.25) is 4.90 Å². The van der Waals surface area contributed by atoms with E-state index in [0.29, 0.717) is 12.5 Å². The monoisotopic (exact) mass is 157 g/mol. The van der Waals surface area contributed by atoms with Gasteiger partial charge < -0.3 is 9.53 Å². The zero-order valence-electron chi connectivity index (χ0n) is 6.95. The maximum absolute atomic E-state index is 10.2. The van der Waals surface area contributed by atoms with E-state index in [1.165, 1.54) is 0 Å². The van der Waals surface area contributed by atoms with Gasteiger partial charge in [-0.2, -0.15) is 0 Å². The number of hydrogen-bond donors (Lipinski definition) is 0. The first-order valence-electron chi connectivity index (χ1n) is 4.10. The first kappa shape index (κ1) is 8.68. The zero-order chi connectivity index (χ0) is 8.10. The summed E-state index contributed by atoms with van der Waals surface area (Å²) in [4.78, 5) is 12.5. The van der Waals surface area contributed by atoms with E-state index < -0.39 is 0 Å². The quantitative estimate of drug-likeness (QED) is 0.552. The Morgan fingerprint density at radius 2 is 2.18 bits per heavy atom. The fourth-order valence-corrected chi connectivity index (χ4v) is 1.31. The molecule has 64 valence electrons. The van der Waals surface area contributed by atoms with Crippen molar-refractivity contribution in [3.05, 3.63) is 0 Å². The highest BCUT2D eigenvalue weighted by Crippen LogP contribution is 2.04. The molecule has 0 N–H and O–H groups in total. The van der Waals surface area contributed by atoms with Crippen LogP contribution in [0.3, 0.4) is 0 Å². The van der Waals surface area contributed by atoms with Crippen LogP contribution < -0.4 is 0 Å². The van der Waals surface area contributed by atoms with Gasteiger partial charge in [0.15, 0.2) is 0 Å². The van der Waals surface area contributed by atoms with E-state index in [-0.39, 0.29) is 0 Å². The largest absolute Gasteiger partial charge is 0.379 e. The van der Waals surface area contributed by atoms with E-state index in [1.54, 1.807) is 0 Å². The molecule has 0 aromatic heterocycles. The highest BCUT2D eigenvalue weighted by molar-refractivity contribution is 5.50. The van der Waals surface area contributed by atoms with E-state index in [9.17, 15) is 4.79 Å². The van der Waals surface area contributed by atoms with Gasteiger partial charge in [-0.15, -0.1) is 0 Å². The van der Waals surface area contributed by atoms with Crippen LogP contribution in [0.1, 0.15) is 13.3 Å². The molecule has 0 amide bonds. The van der Waals surface area contributed by atoms with Crippen molar-refractivity contribution < 1.29 is 9.53 Å². The van der Waals surface area contributed by atoms with Gasteiger partial charge in [0.05, 0.1) is 13.2 Å². The van der Waals surface area contributed by atoms with Gasteiger partial charge >= 0.3 is 0 Å². The summed E-state index contributed by atoms with van der Waals surface area (Å²) in [7, 11) is 0. The first-order chi connectivity index (χ1) is 5.34. The number of rotatable bonds is 3. The topological polar surface area (TPSA) is 29.5 Å². The minimum Gasteiger partial charge on any atom is -0.379 e. The number of ether oxygens (including phenoxy) is 1. The summed E-state index contributed by atoms with van der Waals surface area (Å²) in [5.74, 6) is 0. The third-order valence-electron chi connectivity index (χ3n) is 2.11. The van der Waals surface area contributed by atoms with Crippen LogP contribution in [0, 0.1) is 0 Å². The molecular formula is C8H15NO2. The highest BCUT2D eigenvalue weighted by Gasteiger charge is 2.15. The normalized spacial score (nSPS) is 23.0. The summed E-state index contributed by atoms with van der Waals surface area (Å²) in [6.45, 7) is 5.64. The van der Waals surface area contributed by atoms with Crippen LogP contribution in [-0.4, -0.2) is 43.5 Å². The number of hydrogen-bond acceptors (Lipinski definition) is 3. The van der Waals surface area contributed by atoms with Gasteiger partial charge in [0.1, 0.15) is 6.29 Å². The second kappa shape index (κ2) is 4.46. The van der Waals surface area contributed by atoms with Crippen molar-refractivity contribution in [3.63, 3.8) is 0 Å². The van der Waals surface area contributed by atoms with E-state index in [0.717, 1.165) is 32.6 Å². The molecule has 0 spiro atoms. The molecule has 1 rings (SSSR count). The molecule has 1 aliphatic heterocycles. The van der Waals surface area contributed by atoms with Crippen LogP contribution in [-0.2, 0) is 9.53 Å². The van der Waals surface area contributed by atoms with Gasteiger partial charge in [0.25, 0.3) is 0 Å². The van der Waals surface area contributed by atoms with Crippen molar-refractivity contribution in [1.29, 1.82) is 0 Å². The second-order valence-corrected chi connectivity index (χ2v) is 2.90. The summed E-state index contributed by atoms with van der Waals surface area (Å²) >= 11 is 0. The second-order valence-electron chi connectivity index (χ2n) is 2.90. The molecule has 1 aliphatic rings. The smallest absolute Gasteiger partial charge is 0.121 e. The maximum atomic E-state index is 10.2. The summed E-state index contributed by atoms with van der Waals surface area (Å²) < 4.78 is 5.20. The van der Waals surface area contributed by atoms with Gasteiger partial charge in [0.2, 0.25) is 0 Å². The van der Waals surface area contributed by atoms with Crippen molar-refractivity contribution in [2.75, 3.05) is 26.3 Å². The molecule has 0 aromatic rings. The molecule has 0 aromatic carbocycles. The van der Waals surface area contributed by atoms with Crippen LogP contribution >= 0.6 is 0 Å². The lowest BCUT2D eigenvalue weighted by Gasteiger charge is -2.31. The summed E-state index contributed by atoms with van der Waals surface area (Å²) in [6, 6.07) is 0.386. The summed E-state index contributed by atoms with van der Waals surface area (Å²) in [5, 5.41) is 0. The molecule has 1 atom stereocenters. The van der Waals surface area contributed by atoms with E-state index >= 15 is 0 Å². The molecule has 11 heavy (non-hydrogen) atoms. The maximum Gasteiger partial charge on any atom is 0.121 e. The Bertz CT molecular complexity index is 121. The SMILES string of the molecule is CC(CC=O)N1CCOCC1. The minimum absolute atomic E-state index is 0.386. The molecule has 0 aliphatic carbocycles. The van der Waals surface area contributed by atoms with E-state index in [1.807, 2.05) is 0 Å². The molecule has 0 radical (unpaired) electrons. The van der Waals surface area contributed by atoms with Crippen molar-refractivity contribution >= 4 is 6.29 Å². The zero-order valence-corrected chi connectivity index (χ0v) is 6.95. The van der Waals surface area contributed by atoms with Crippen molar-refractivity contribution in [3.8, 4) is 0 Å². The number of nitrogens with zero attached hydrogens (tertiary/aromatic N) is 1. The number of morpholine rings is 1. The molecule has 0 saturated carbocycles.